The molecule has 0 aromatic carbocycles. The lowest BCUT2D eigenvalue weighted by Crippen LogP contribution is -2.08. The summed E-state index contributed by atoms with van der Waals surface area (Å²) in [5, 5.41) is 10.3. The summed E-state index contributed by atoms with van der Waals surface area (Å²) in [6, 6.07) is 0. The molecule has 1 N–H and O–H groups in total. The fourth-order valence-corrected chi connectivity index (χ4v) is 1.76. The SMILES string of the molecule is CCC(O)CSc1nccn1C. The summed E-state index contributed by atoms with van der Waals surface area (Å²) in [6.45, 7) is 1.98. The summed E-state index contributed by atoms with van der Waals surface area (Å²) in [7, 11) is 1.95. The Labute approximate surface area is 76.8 Å². The van der Waals surface area contributed by atoms with Crippen molar-refractivity contribution in [2.24, 2.45) is 7.05 Å². The van der Waals surface area contributed by atoms with Crippen LogP contribution in [0, 0.1) is 0 Å². The van der Waals surface area contributed by atoms with E-state index in [1.54, 1.807) is 18.0 Å². The number of imidazole rings is 1. The highest BCUT2D eigenvalue weighted by Crippen LogP contribution is 2.15. The molecule has 3 nitrogen and oxygen atoms in total. The van der Waals surface area contributed by atoms with E-state index in [0.717, 1.165) is 17.3 Å². The summed E-state index contributed by atoms with van der Waals surface area (Å²) in [5.41, 5.74) is 0. The van der Waals surface area contributed by atoms with Crippen LogP contribution in [0.3, 0.4) is 0 Å². The topological polar surface area (TPSA) is 38.1 Å². The molecule has 1 aromatic heterocycles. The molecule has 68 valence electrons. The molecule has 12 heavy (non-hydrogen) atoms. The second kappa shape index (κ2) is 4.52. The number of aliphatic hydroxyl groups is 1. The molecule has 0 aliphatic carbocycles. The molecule has 0 aliphatic heterocycles. The molecule has 0 fully saturated rings. The molecule has 1 unspecified atom stereocenters. The van der Waals surface area contributed by atoms with Crippen molar-refractivity contribution >= 4 is 11.8 Å². The van der Waals surface area contributed by atoms with Gasteiger partial charge in [-0.25, -0.2) is 4.98 Å². The Morgan fingerprint density at radius 2 is 2.50 bits per heavy atom. The minimum Gasteiger partial charge on any atom is -0.392 e. The number of thioether (sulfide) groups is 1. The molecule has 1 atom stereocenters. The van der Waals surface area contributed by atoms with Crippen molar-refractivity contribution in [3.63, 3.8) is 0 Å². The average Bonchev–Trinajstić information content (AvgIpc) is 2.47. The molecule has 0 saturated carbocycles. The van der Waals surface area contributed by atoms with E-state index in [9.17, 15) is 5.11 Å². The van der Waals surface area contributed by atoms with Gasteiger partial charge in [0.05, 0.1) is 6.10 Å². The van der Waals surface area contributed by atoms with E-state index in [4.69, 9.17) is 0 Å². The number of hydrogen-bond donors (Lipinski definition) is 1. The number of hydrogen-bond acceptors (Lipinski definition) is 3. The van der Waals surface area contributed by atoms with E-state index in [-0.39, 0.29) is 6.10 Å². The van der Waals surface area contributed by atoms with Crippen LogP contribution in [0.4, 0.5) is 0 Å². The zero-order chi connectivity index (χ0) is 8.97. The minimum atomic E-state index is -0.216. The van der Waals surface area contributed by atoms with Crippen LogP contribution in [-0.4, -0.2) is 26.5 Å². The lowest BCUT2D eigenvalue weighted by Gasteiger charge is -2.05. The zero-order valence-electron chi connectivity index (χ0n) is 7.40. The molecular weight excluding hydrogens is 172 g/mol. The second-order valence-corrected chi connectivity index (χ2v) is 3.68. The molecule has 0 aliphatic rings. The van der Waals surface area contributed by atoms with Crippen LogP contribution >= 0.6 is 11.8 Å². The van der Waals surface area contributed by atoms with E-state index in [2.05, 4.69) is 4.98 Å². The largest absolute Gasteiger partial charge is 0.392 e. The van der Waals surface area contributed by atoms with Crippen molar-refractivity contribution < 1.29 is 5.11 Å². The summed E-state index contributed by atoms with van der Waals surface area (Å²) in [4.78, 5) is 4.14. The fourth-order valence-electron chi connectivity index (χ4n) is 0.780. The molecule has 0 spiro atoms. The van der Waals surface area contributed by atoms with Crippen LogP contribution in [0.5, 0.6) is 0 Å². The summed E-state index contributed by atoms with van der Waals surface area (Å²) >= 11 is 1.59. The Balaban J connectivity index is 2.38. The molecular formula is C8H14N2OS. The number of aryl methyl sites for hydroxylation is 1. The van der Waals surface area contributed by atoms with Crippen molar-refractivity contribution in [1.82, 2.24) is 9.55 Å². The summed E-state index contributed by atoms with van der Waals surface area (Å²) in [5.74, 6) is 0.724. The fraction of sp³-hybridized carbons (Fsp3) is 0.625. The monoisotopic (exact) mass is 186 g/mol. The van der Waals surface area contributed by atoms with E-state index >= 15 is 0 Å². The number of nitrogens with zero attached hydrogens (tertiary/aromatic N) is 2. The van der Waals surface area contributed by atoms with Crippen LogP contribution in [0.1, 0.15) is 13.3 Å². The van der Waals surface area contributed by atoms with Crippen LogP contribution < -0.4 is 0 Å². The van der Waals surface area contributed by atoms with Crippen LogP contribution in [0.25, 0.3) is 0 Å². The average molecular weight is 186 g/mol. The van der Waals surface area contributed by atoms with Gasteiger partial charge in [-0.2, -0.15) is 0 Å². The minimum absolute atomic E-state index is 0.216. The van der Waals surface area contributed by atoms with Crippen LogP contribution in [0.2, 0.25) is 0 Å². The van der Waals surface area contributed by atoms with Gasteiger partial charge < -0.3 is 9.67 Å². The summed E-state index contributed by atoms with van der Waals surface area (Å²) < 4.78 is 1.95. The molecule has 1 rings (SSSR count). The van der Waals surface area contributed by atoms with Crippen LogP contribution in [0.15, 0.2) is 17.6 Å². The predicted octanol–water partition coefficient (Wildman–Crippen LogP) is 1.28. The molecule has 0 amide bonds. The first-order valence-corrected chi connectivity index (χ1v) is 5.00. The Hall–Kier alpha value is -0.480. The lowest BCUT2D eigenvalue weighted by molar-refractivity contribution is 0.195. The third-order valence-corrected chi connectivity index (χ3v) is 2.86. The van der Waals surface area contributed by atoms with Crippen molar-refractivity contribution in [2.75, 3.05) is 5.75 Å². The zero-order valence-corrected chi connectivity index (χ0v) is 8.21. The highest BCUT2D eigenvalue weighted by Gasteiger charge is 2.04. The third-order valence-electron chi connectivity index (χ3n) is 1.65. The van der Waals surface area contributed by atoms with Gasteiger partial charge in [-0.05, 0) is 6.42 Å². The van der Waals surface area contributed by atoms with Gasteiger partial charge in [0.1, 0.15) is 0 Å². The highest BCUT2D eigenvalue weighted by atomic mass is 32.2. The van der Waals surface area contributed by atoms with Crippen molar-refractivity contribution in [2.45, 2.75) is 24.6 Å². The standard InChI is InChI=1S/C8H14N2OS/c1-3-7(11)6-12-8-9-4-5-10(8)2/h4-5,7,11H,3,6H2,1-2H3. The smallest absolute Gasteiger partial charge is 0.167 e. The maximum Gasteiger partial charge on any atom is 0.167 e. The number of rotatable bonds is 4. The molecule has 1 aromatic rings. The van der Waals surface area contributed by atoms with Crippen molar-refractivity contribution in [3.8, 4) is 0 Å². The van der Waals surface area contributed by atoms with Crippen LogP contribution in [-0.2, 0) is 7.05 Å². The number of aliphatic hydroxyl groups excluding tert-OH is 1. The van der Waals surface area contributed by atoms with E-state index in [0.29, 0.717) is 0 Å². The molecule has 0 radical (unpaired) electrons. The van der Waals surface area contributed by atoms with Gasteiger partial charge in [0, 0.05) is 25.2 Å². The summed E-state index contributed by atoms with van der Waals surface area (Å²) in [6.07, 6.45) is 4.25. The van der Waals surface area contributed by atoms with Gasteiger partial charge in [0.2, 0.25) is 0 Å². The van der Waals surface area contributed by atoms with Gasteiger partial charge >= 0.3 is 0 Å². The molecule has 4 heteroatoms. The van der Waals surface area contributed by atoms with Gasteiger partial charge in [0.15, 0.2) is 5.16 Å². The predicted molar refractivity (Wildman–Crippen MR) is 50.2 cm³/mol. The molecule has 0 saturated heterocycles. The van der Waals surface area contributed by atoms with Gasteiger partial charge in [-0.15, -0.1) is 0 Å². The quantitative estimate of drug-likeness (QED) is 0.720. The van der Waals surface area contributed by atoms with Gasteiger partial charge in [-0.1, -0.05) is 18.7 Å². The third kappa shape index (κ3) is 2.53. The second-order valence-electron chi connectivity index (χ2n) is 2.69. The highest BCUT2D eigenvalue weighted by molar-refractivity contribution is 7.99. The van der Waals surface area contributed by atoms with Crippen molar-refractivity contribution in [1.29, 1.82) is 0 Å². The Morgan fingerprint density at radius 3 is 3.00 bits per heavy atom. The van der Waals surface area contributed by atoms with E-state index in [1.165, 1.54) is 0 Å². The Morgan fingerprint density at radius 1 is 1.75 bits per heavy atom. The first-order chi connectivity index (χ1) is 5.74. The lowest BCUT2D eigenvalue weighted by atomic mass is 10.3. The maximum absolute atomic E-state index is 9.29. The Kier molecular flexibility index (Phi) is 3.62. The molecule has 0 bridgehead atoms. The Bertz CT molecular complexity index is 237. The van der Waals surface area contributed by atoms with E-state index < -0.39 is 0 Å². The number of aromatic nitrogens is 2. The first kappa shape index (κ1) is 9.61. The van der Waals surface area contributed by atoms with Gasteiger partial charge in [0.25, 0.3) is 0 Å². The van der Waals surface area contributed by atoms with Gasteiger partial charge in [-0.3, -0.25) is 0 Å². The van der Waals surface area contributed by atoms with E-state index in [1.807, 2.05) is 24.7 Å². The van der Waals surface area contributed by atoms with Crippen molar-refractivity contribution in [3.05, 3.63) is 12.4 Å². The first-order valence-electron chi connectivity index (χ1n) is 4.02. The molecule has 1 heterocycles. The normalized spacial score (nSPS) is 13.2. The maximum atomic E-state index is 9.29.